The van der Waals surface area contributed by atoms with E-state index in [4.69, 9.17) is 9.10 Å². The minimum absolute atomic E-state index is 0.119. The van der Waals surface area contributed by atoms with Crippen molar-refractivity contribution in [2.45, 2.75) is 58.7 Å². The SMILES string of the molecule is [2H]C([2H])([2H])n1c(=O)cc(N2C[C@@H](CC)N(C(C)c3ccc4nc(C)sc4n3)C[C@@H]2CC)c2[nH]ncc21. The molecule has 0 amide bonds. The zero-order chi connectivity index (χ0) is 25.8. The van der Waals surface area contributed by atoms with Crippen LogP contribution in [0.15, 0.2) is 29.2 Å². The number of anilines is 1. The van der Waals surface area contributed by atoms with E-state index in [1.54, 1.807) is 11.3 Å². The Morgan fingerprint density at radius 3 is 2.82 bits per heavy atom. The predicted octanol–water partition coefficient (Wildman–Crippen LogP) is 4.02. The molecule has 1 fully saturated rings. The van der Waals surface area contributed by atoms with Gasteiger partial charge in [-0.15, -0.1) is 0 Å². The van der Waals surface area contributed by atoms with E-state index >= 15 is 0 Å². The lowest BCUT2D eigenvalue weighted by molar-refractivity contribution is 0.0993. The Morgan fingerprint density at radius 2 is 2.06 bits per heavy atom. The van der Waals surface area contributed by atoms with Crippen molar-refractivity contribution in [2.75, 3.05) is 18.0 Å². The van der Waals surface area contributed by atoms with Crippen LogP contribution in [0.2, 0.25) is 0 Å². The van der Waals surface area contributed by atoms with Crippen LogP contribution in [-0.2, 0) is 6.98 Å². The summed E-state index contributed by atoms with van der Waals surface area (Å²) in [6.45, 7) is 7.47. The molecule has 174 valence electrons. The monoisotopic (exact) mass is 468 g/mol. The topological polar surface area (TPSA) is 82.9 Å². The summed E-state index contributed by atoms with van der Waals surface area (Å²) in [6.07, 6.45) is 3.22. The molecule has 33 heavy (non-hydrogen) atoms. The maximum absolute atomic E-state index is 13.0. The first kappa shape index (κ1) is 18.6. The third-order valence-electron chi connectivity index (χ3n) is 6.90. The van der Waals surface area contributed by atoms with Gasteiger partial charge in [0.2, 0.25) is 0 Å². The van der Waals surface area contributed by atoms with Crippen molar-refractivity contribution in [3.8, 4) is 0 Å². The summed E-state index contributed by atoms with van der Waals surface area (Å²) in [5, 5.41) is 8.05. The normalized spacial score (nSPS) is 22.4. The van der Waals surface area contributed by atoms with E-state index in [1.165, 1.54) is 12.3 Å². The summed E-state index contributed by atoms with van der Waals surface area (Å²) in [7, 11) is 0. The Bertz CT molecular complexity index is 1460. The van der Waals surface area contributed by atoms with Gasteiger partial charge in [0.05, 0.1) is 28.1 Å². The minimum Gasteiger partial charge on any atom is -0.364 e. The molecule has 1 aliphatic heterocycles. The smallest absolute Gasteiger partial charge is 0.252 e. The summed E-state index contributed by atoms with van der Waals surface area (Å²) in [4.78, 5) is 28.2. The van der Waals surface area contributed by atoms with Gasteiger partial charge in [0.1, 0.15) is 15.9 Å². The molecule has 4 aromatic rings. The third kappa shape index (κ3) is 3.73. The lowest BCUT2D eigenvalue weighted by Crippen LogP contribution is -2.58. The number of nitrogens with zero attached hydrogens (tertiary/aromatic N) is 6. The number of pyridine rings is 2. The Labute approximate surface area is 201 Å². The summed E-state index contributed by atoms with van der Waals surface area (Å²) in [6, 6.07) is 6.07. The highest BCUT2D eigenvalue weighted by molar-refractivity contribution is 7.18. The van der Waals surface area contributed by atoms with E-state index in [-0.39, 0.29) is 18.1 Å². The first-order chi connectivity index (χ1) is 17.1. The molecular formula is C24H31N7OS. The second kappa shape index (κ2) is 8.53. The molecule has 8 nitrogen and oxygen atoms in total. The molecule has 0 radical (unpaired) electrons. The predicted molar refractivity (Wildman–Crippen MR) is 134 cm³/mol. The molecule has 5 heterocycles. The standard InChI is InChI=1S/C24H31N7OS/c1-6-16-13-31(20-10-22(32)29(5)21-11-25-28-23(20)21)17(7-2)12-30(16)14(3)18-8-9-19-24(27-18)33-15(4)26-19/h8-11,14,16-17H,6-7,12-13H2,1-5H3,(H,25,28)/t14?,16-,17+/m1/s1/i5D3. The highest BCUT2D eigenvalue weighted by Gasteiger charge is 2.36. The summed E-state index contributed by atoms with van der Waals surface area (Å²) >= 11 is 1.62. The van der Waals surface area contributed by atoms with Gasteiger partial charge in [-0.3, -0.25) is 14.8 Å². The van der Waals surface area contributed by atoms with Crippen LogP contribution < -0.4 is 10.5 Å². The zero-order valence-electron chi connectivity index (χ0n) is 22.4. The quantitative estimate of drug-likeness (QED) is 0.476. The van der Waals surface area contributed by atoms with E-state index in [0.717, 1.165) is 45.0 Å². The summed E-state index contributed by atoms with van der Waals surface area (Å²) in [5.41, 5.74) is 3.01. The molecule has 1 aliphatic rings. The van der Waals surface area contributed by atoms with Crippen LogP contribution in [0.5, 0.6) is 0 Å². The number of nitrogens with one attached hydrogen (secondary N) is 1. The van der Waals surface area contributed by atoms with Crippen molar-refractivity contribution in [3.63, 3.8) is 0 Å². The number of fused-ring (bicyclic) bond motifs is 2. The Hall–Kier alpha value is -2.78. The van der Waals surface area contributed by atoms with Crippen molar-refractivity contribution in [1.82, 2.24) is 29.6 Å². The van der Waals surface area contributed by atoms with Crippen molar-refractivity contribution in [1.29, 1.82) is 0 Å². The van der Waals surface area contributed by atoms with Crippen molar-refractivity contribution >= 4 is 38.4 Å². The second-order valence-corrected chi connectivity index (χ2v) is 9.96. The molecule has 4 aromatic heterocycles. The molecule has 0 bridgehead atoms. The van der Waals surface area contributed by atoms with E-state index in [1.807, 2.05) is 6.92 Å². The van der Waals surface area contributed by atoms with Gasteiger partial charge >= 0.3 is 0 Å². The number of aryl methyl sites for hydroxylation is 2. The van der Waals surface area contributed by atoms with Gasteiger partial charge in [0.25, 0.3) is 5.56 Å². The lowest BCUT2D eigenvalue weighted by atomic mass is 9.98. The van der Waals surface area contributed by atoms with E-state index in [0.29, 0.717) is 23.3 Å². The number of H-pyrrole nitrogens is 1. The van der Waals surface area contributed by atoms with Crippen LogP contribution in [0.3, 0.4) is 0 Å². The van der Waals surface area contributed by atoms with Crippen molar-refractivity contribution in [2.24, 2.45) is 6.98 Å². The van der Waals surface area contributed by atoms with Gasteiger partial charge in [-0.25, -0.2) is 9.97 Å². The Kier molecular flexibility index (Phi) is 4.82. The van der Waals surface area contributed by atoms with Gasteiger partial charge in [-0.05, 0) is 38.8 Å². The van der Waals surface area contributed by atoms with Crippen molar-refractivity contribution in [3.05, 3.63) is 45.5 Å². The number of thiazole rings is 1. The molecule has 0 saturated carbocycles. The largest absolute Gasteiger partial charge is 0.364 e. The third-order valence-corrected chi connectivity index (χ3v) is 7.78. The van der Waals surface area contributed by atoms with Crippen LogP contribution >= 0.6 is 11.3 Å². The second-order valence-electron chi connectivity index (χ2n) is 8.78. The number of piperazine rings is 1. The average Bonchev–Trinajstić information content (AvgIpc) is 3.46. The van der Waals surface area contributed by atoms with Gasteiger partial charge in [0, 0.05) is 48.4 Å². The number of aromatic nitrogens is 5. The number of aromatic amines is 1. The Balaban J connectivity index is 1.50. The maximum atomic E-state index is 13.0. The molecule has 0 aliphatic carbocycles. The fourth-order valence-electron chi connectivity index (χ4n) is 5.03. The van der Waals surface area contributed by atoms with Crippen LogP contribution in [-0.4, -0.2) is 54.8 Å². The highest BCUT2D eigenvalue weighted by atomic mass is 32.1. The maximum Gasteiger partial charge on any atom is 0.252 e. The van der Waals surface area contributed by atoms with Gasteiger partial charge < -0.3 is 9.47 Å². The minimum atomic E-state index is -2.58. The van der Waals surface area contributed by atoms with Gasteiger partial charge in [-0.1, -0.05) is 25.2 Å². The molecule has 5 rings (SSSR count). The van der Waals surface area contributed by atoms with Crippen LogP contribution in [0, 0.1) is 6.92 Å². The fourth-order valence-corrected chi connectivity index (χ4v) is 5.83. The summed E-state index contributed by atoms with van der Waals surface area (Å²) in [5.74, 6) is 0. The number of hydrogen-bond donors (Lipinski definition) is 1. The molecule has 0 aromatic carbocycles. The van der Waals surface area contributed by atoms with Crippen LogP contribution in [0.4, 0.5) is 5.69 Å². The van der Waals surface area contributed by atoms with E-state index < -0.39 is 12.5 Å². The molecule has 3 atom stereocenters. The first-order valence-corrected chi connectivity index (χ1v) is 12.3. The van der Waals surface area contributed by atoms with Crippen LogP contribution in [0.25, 0.3) is 21.4 Å². The summed E-state index contributed by atoms with van der Waals surface area (Å²) < 4.78 is 24.3. The van der Waals surface area contributed by atoms with E-state index in [9.17, 15) is 4.79 Å². The average molecular weight is 469 g/mol. The molecule has 1 saturated heterocycles. The highest BCUT2D eigenvalue weighted by Crippen LogP contribution is 2.34. The first-order valence-electron chi connectivity index (χ1n) is 13.0. The molecule has 1 unspecified atom stereocenters. The zero-order valence-corrected chi connectivity index (χ0v) is 20.2. The number of hydrogen-bond acceptors (Lipinski definition) is 7. The van der Waals surface area contributed by atoms with Gasteiger partial charge in [0.15, 0.2) is 0 Å². The van der Waals surface area contributed by atoms with Gasteiger partial charge in [-0.2, -0.15) is 5.10 Å². The number of rotatable bonds is 5. The molecule has 9 heteroatoms. The molecule has 0 spiro atoms. The van der Waals surface area contributed by atoms with Crippen molar-refractivity contribution < 1.29 is 4.11 Å². The molecule has 1 N–H and O–H groups in total. The molecular weight excluding hydrogens is 434 g/mol. The van der Waals surface area contributed by atoms with Crippen LogP contribution in [0.1, 0.15) is 54.5 Å². The fraction of sp³-hybridized carbons (Fsp3) is 0.500. The van der Waals surface area contributed by atoms with E-state index in [2.05, 4.69) is 57.9 Å². The Morgan fingerprint density at radius 1 is 1.24 bits per heavy atom. The lowest BCUT2D eigenvalue weighted by Gasteiger charge is -2.49.